The zero-order valence-electron chi connectivity index (χ0n) is 20.2. The normalized spacial score (nSPS) is 22.9. The zero-order valence-corrected chi connectivity index (χ0v) is 21.0. The van der Waals surface area contributed by atoms with Gasteiger partial charge in [0.25, 0.3) is 5.91 Å². The predicted octanol–water partition coefficient (Wildman–Crippen LogP) is 7.17. The molecule has 1 aliphatic heterocycles. The van der Waals surface area contributed by atoms with Crippen LogP contribution in [0.25, 0.3) is 11.8 Å². The molecule has 3 aliphatic rings. The Morgan fingerprint density at radius 2 is 1.71 bits per heavy atom. The van der Waals surface area contributed by atoms with Crippen LogP contribution in [0.2, 0.25) is 0 Å². The Balaban J connectivity index is 1.48. The maximum atomic E-state index is 13.9. The van der Waals surface area contributed by atoms with Crippen LogP contribution in [0, 0.1) is 19.7 Å². The van der Waals surface area contributed by atoms with E-state index in [0.717, 1.165) is 58.4 Å². The first-order valence-electron chi connectivity index (χ1n) is 12.8. The molecule has 0 bridgehead atoms. The summed E-state index contributed by atoms with van der Waals surface area (Å²) >= 11 is 1.55. The number of hydrogen-bond donors (Lipinski definition) is 0. The first-order chi connectivity index (χ1) is 16.5. The minimum absolute atomic E-state index is 0.0991. The molecule has 34 heavy (non-hydrogen) atoms. The highest BCUT2D eigenvalue weighted by Gasteiger charge is 2.39. The third-order valence-corrected chi connectivity index (χ3v) is 8.46. The summed E-state index contributed by atoms with van der Waals surface area (Å²) in [5, 5.41) is 0.911. The maximum Gasteiger partial charge on any atom is 0.267 e. The van der Waals surface area contributed by atoms with Crippen LogP contribution in [0.4, 0.5) is 4.39 Å². The zero-order chi connectivity index (χ0) is 23.7. The molecule has 1 aromatic carbocycles. The topological polar surface area (TPSA) is 37.6 Å². The van der Waals surface area contributed by atoms with Gasteiger partial charge < -0.3 is 4.57 Å². The number of amides is 1. The van der Waals surface area contributed by atoms with Crippen LogP contribution in [0.3, 0.4) is 0 Å². The molecule has 0 spiro atoms. The lowest BCUT2D eigenvalue weighted by Crippen LogP contribution is -2.41. The smallest absolute Gasteiger partial charge is 0.267 e. The first-order valence-corrected chi connectivity index (χ1v) is 13.6. The fourth-order valence-corrected chi connectivity index (χ4v) is 6.79. The highest BCUT2D eigenvalue weighted by Crippen LogP contribution is 2.39. The quantitative estimate of drug-likeness (QED) is 0.436. The van der Waals surface area contributed by atoms with Crippen LogP contribution in [0.15, 0.2) is 40.2 Å². The molecule has 3 fully saturated rings. The van der Waals surface area contributed by atoms with Gasteiger partial charge in [0.05, 0.1) is 10.9 Å². The molecule has 0 unspecified atom stereocenters. The van der Waals surface area contributed by atoms with Crippen molar-refractivity contribution in [1.82, 2.24) is 9.47 Å². The summed E-state index contributed by atoms with van der Waals surface area (Å²) in [6, 6.07) is 9.34. The summed E-state index contributed by atoms with van der Waals surface area (Å²) in [4.78, 5) is 21.6. The largest absolute Gasteiger partial charge is 0.318 e. The second-order valence-electron chi connectivity index (χ2n) is 9.92. The van der Waals surface area contributed by atoms with Gasteiger partial charge in [0, 0.05) is 23.1 Å². The maximum absolute atomic E-state index is 13.9. The molecule has 2 aromatic rings. The number of aliphatic imine (C=N–C) groups is 1. The Morgan fingerprint density at radius 3 is 2.41 bits per heavy atom. The van der Waals surface area contributed by atoms with Crippen LogP contribution in [-0.4, -0.2) is 32.6 Å². The van der Waals surface area contributed by atoms with Gasteiger partial charge in [-0.2, -0.15) is 0 Å². The molecule has 0 atom stereocenters. The number of carbonyl (C=O) groups is 1. The van der Waals surface area contributed by atoms with Gasteiger partial charge in [-0.05, 0) is 87.2 Å². The SMILES string of the molecule is Cc1cc(/C=C2\SC(=NC3CCCCC3)N(C3CCCCC3)C2=O)c(C)n1-c1cccc(F)c1. The van der Waals surface area contributed by atoms with Crippen molar-refractivity contribution >= 4 is 28.9 Å². The number of thioether (sulfide) groups is 1. The lowest BCUT2D eigenvalue weighted by molar-refractivity contribution is -0.124. The van der Waals surface area contributed by atoms with E-state index in [0.29, 0.717) is 6.04 Å². The van der Waals surface area contributed by atoms with Gasteiger partial charge >= 0.3 is 0 Å². The van der Waals surface area contributed by atoms with Gasteiger partial charge in [-0.15, -0.1) is 0 Å². The Labute approximate surface area is 206 Å². The van der Waals surface area contributed by atoms with E-state index in [1.807, 2.05) is 30.9 Å². The minimum atomic E-state index is -0.252. The molecule has 0 radical (unpaired) electrons. The summed E-state index contributed by atoms with van der Waals surface area (Å²) in [6.07, 6.45) is 13.8. The monoisotopic (exact) mass is 479 g/mol. The summed E-state index contributed by atoms with van der Waals surface area (Å²) in [5.41, 5.74) is 3.82. The van der Waals surface area contributed by atoms with Gasteiger partial charge in [-0.3, -0.25) is 14.7 Å². The van der Waals surface area contributed by atoms with Crippen molar-refractivity contribution in [1.29, 1.82) is 0 Å². The molecule has 2 heterocycles. The molecule has 4 nitrogen and oxygen atoms in total. The van der Waals surface area contributed by atoms with Gasteiger partial charge in [0.1, 0.15) is 5.82 Å². The van der Waals surface area contributed by atoms with Gasteiger partial charge in [0.15, 0.2) is 5.17 Å². The van der Waals surface area contributed by atoms with E-state index in [-0.39, 0.29) is 17.8 Å². The number of carbonyl (C=O) groups excluding carboxylic acids is 1. The van der Waals surface area contributed by atoms with Crippen LogP contribution in [0.5, 0.6) is 0 Å². The van der Waals surface area contributed by atoms with Crippen molar-refractivity contribution in [3.8, 4) is 5.69 Å². The second-order valence-corrected chi connectivity index (χ2v) is 10.9. The van der Waals surface area contributed by atoms with Crippen LogP contribution >= 0.6 is 11.8 Å². The molecule has 2 aliphatic carbocycles. The highest BCUT2D eigenvalue weighted by molar-refractivity contribution is 8.18. The van der Waals surface area contributed by atoms with E-state index < -0.39 is 0 Å². The number of halogens is 1. The van der Waals surface area contributed by atoms with Crippen LogP contribution in [0.1, 0.15) is 81.2 Å². The molecule has 180 valence electrons. The minimum Gasteiger partial charge on any atom is -0.318 e. The molecule has 2 saturated carbocycles. The van der Waals surface area contributed by atoms with Crippen molar-refractivity contribution in [2.75, 3.05) is 0 Å². The third-order valence-electron chi connectivity index (χ3n) is 7.47. The van der Waals surface area contributed by atoms with Crippen molar-refractivity contribution < 1.29 is 9.18 Å². The number of benzene rings is 1. The van der Waals surface area contributed by atoms with E-state index in [4.69, 9.17) is 4.99 Å². The number of nitrogens with zero attached hydrogens (tertiary/aromatic N) is 3. The average Bonchev–Trinajstić information content (AvgIpc) is 3.29. The van der Waals surface area contributed by atoms with Crippen LogP contribution in [-0.2, 0) is 4.79 Å². The fourth-order valence-electron chi connectivity index (χ4n) is 5.69. The lowest BCUT2D eigenvalue weighted by Gasteiger charge is -2.31. The Hall–Kier alpha value is -2.34. The number of hydrogen-bond acceptors (Lipinski definition) is 3. The summed E-state index contributed by atoms with van der Waals surface area (Å²) in [7, 11) is 0. The average molecular weight is 480 g/mol. The number of rotatable bonds is 4. The number of amidine groups is 1. The molecule has 5 rings (SSSR count). The van der Waals surface area contributed by atoms with Crippen LogP contribution < -0.4 is 0 Å². The van der Waals surface area contributed by atoms with Gasteiger partial charge in [-0.1, -0.05) is 44.6 Å². The first kappa shape index (κ1) is 23.4. The number of aromatic nitrogens is 1. The molecule has 1 amide bonds. The molecule has 1 saturated heterocycles. The standard InChI is InChI=1S/C28H34FN3OS/c1-19-16-21(20(2)31(19)25-15-9-10-22(29)18-25)17-26-27(33)32(24-13-7-4-8-14-24)28(34-26)30-23-11-5-3-6-12-23/h9-10,15-18,23-24H,3-8,11-14H2,1-2H3/b26-17-,30-28?. The van der Waals surface area contributed by atoms with E-state index in [9.17, 15) is 9.18 Å². The van der Waals surface area contributed by atoms with Crippen molar-refractivity contribution in [3.05, 3.63) is 58.0 Å². The number of aryl methyl sites for hydroxylation is 1. The summed E-state index contributed by atoms with van der Waals surface area (Å²) < 4.78 is 15.9. The van der Waals surface area contributed by atoms with E-state index in [1.54, 1.807) is 23.9 Å². The second kappa shape index (κ2) is 10.1. The van der Waals surface area contributed by atoms with Crippen molar-refractivity contribution in [2.45, 2.75) is 90.1 Å². The summed E-state index contributed by atoms with van der Waals surface area (Å²) in [6.45, 7) is 4.05. The van der Waals surface area contributed by atoms with E-state index in [2.05, 4.69) is 10.6 Å². The Bertz CT molecular complexity index is 1120. The van der Waals surface area contributed by atoms with Gasteiger partial charge in [-0.25, -0.2) is 4.39 Å². The molecular formula is C28H34FN3OS. The molecular weight excluding hydrogens is 445 g/mol. The van der Waals surface area contributed by atoms with E-state index in [1.165, 1.54) is 44.6 Å². The molecule has 0 N–H and O–H groups in total. The Kier molecular flexibility index (Phi) is 6.96. The third kappa shape index (κ3) is 4.74. The van der Waals surface area contributed by atoms with Crippen molar-refractivity contribution in [3.63, 3.8) is 0 Å². The highest BCUT2D eigenvalue weighted by atomic mass is 32.2. The van der Waals surface area contributed by atoms with E-state index >= 15 is 0 Å². The fraction of sp³-hybridized carbons (Fsp3) is 0.500. The Morgan fingerprint density at radius 1 is 1.00 bits per heavy atom. The summed E-state index contributed by atoms with van der Waals surface area (Å²) in [5.74, 6) is -0.153. The van der Waals surface area contributed by atoms with Crippen molar-refractivity contribution in [2.24, 2.45) is 4.99 Å². The lowest BCUT2D eigenvalue weighted by atomic mass is 9.94. The predicted molar refractivity (Wildman–Crippen MR) is 139 cm³/mol. The molecule has 1 aromatic heterocycles. The van der Waals surface area contributed by atoms with Gasteiger partial charge in [0.2, 0.25) is 0 Å². The molecule has 6 heteroatoms.